The lowest BCUT2D eigenvalue weighted by Gasteiger charge is -2.36. The van der Waals surface area contributed by atoms with Crippen molar-refractivity contribution in [1.82, 2.24) is 0 Å². The van der Waals surface area contributed by atoms with Crippen LogP contribution in [0.15, 0.2) is 0 Å². The second-order valence-electron chi connectivity index (χ2n) is 5.29. The molecule has 0 bridgehead atoms. The van der Waals surface area contributed by atoms with E-state index in [9.17, 15) is 9.90 Å². The Kier molecular flexibility index (Phi) is 5.26. The lowest BCUT2D eigenvalue weighted by molar-refractivity contribution is -0.146. The Labute approximate surface area is 98.2 Å². The van der Waals surface area contributed by atoms with Crippen molar-refractivity contribution in [2.45, 2.75) is 39.5 Å². The molecule has 0 aromatic heterocycles. The van der Waals surface area contributed by atoms with Crippen molar-refractivity contribution in [2.75, 3.05) is 13.7 Å². The van der Waals surface area contributed by atoms with E-state index in [1.54, 1.807) is 7.11 Å². The van der Waals surface area contributed by atoms with Gasteiger partial charge in [0.25, 0.3) is 0 Å². The van der Waals surface area contributed by atoms with Gasteiger partial charge in [0.1, 0.15) is 0 Å². The molecule has 0 spiro atoms. The third-order valence-electron chi connectivity index (χ3n) is 3.99. The van der Waals surface area contributed by atoms with Gasteiger partial charge in [-0.25, -0.2) is 0 Å². The van der Waals surface area contributed by atoms with Gasteiger partial charge < -0.3 is 9.84 Å². The van der Waals surface area contributed by atoms with Gasteiger partial charge in [0.15, 0.2) is 0 Å². The molecule has 0 heterocycles. The number of rotatable bonds is 5. The summed E-state index contributed by atoms with van der Waals surface area (Å²) in [6.07, 6.45) is 3.93. The maximum atomic E-state index is 11.2. The molecule has 1 N–H and O–H groups in total. The normalized spacial score (nSPS) is 32.3. The Bertz CT molecular complexity index is 227. The van der Waals surface area contributed by atoms with Crippen LogP contribution in [0.4, 0.5) is 0 Å². The molecule has 3 nitrogen and oxygen atoms in total. The molecule has 94 valence electrons. The number of ether oxygens (including phenoxy) is 1. The first-order chi connectivity index (χ1) is 7.56. The van der Waals surface area contributed by atoms with Gasteiger partial charge in [-0.15, -0.1) is 0 Å². The molecule has 0 radical (unpaired) electrons. The van der Waals surface area contributed by atoms with E-state index >= 15 is 0 Å². The fraction of sp³-hybridized carbons (Fsp3) is 0.923. The van der Waals surface area contributed by atoms with Crippen LogP contribution in [-0.2, 0) is 9.53 Å². The maximum absolute atomic E-state index is 11.2. The molecule has 4 atom stereocenters. The van der Waals surface area contributed by atoms with Crippen LogP contribution in [-0.4, -0.2) is 24.8 Å². The molecule has 4 unspecified atom stereocenters. The van der Waals surface area contributed by atoms with Crippen LogP contribution in [0.3, 0.4) is 0 Å². The van der Waals surface area contributed by atoms with Crippen LogP contribution < -0.4 is 0 Å². The topological polar surface area (TPSA) is 46.5 Å². The molecule has 1 aliphatic rings. The summed E-state index contributed by atoms with van der Waals surface area (Å²) in [7, 11) is 1.70. The number of carboxylic acids is 1. The summed E-state index contributed by atoms with van der Waals surface area (Å²) < 4.78 is 5.08. The fourth-order valence-electron chi connectivity index (χ4n) is 2.88. The Morgan fingerprint density at radius 1 is 1.50 bits per heavy atom. The number of hydrogen-bond acceptors (Lipinski definition) is 2. The molecule has 0 aromatic rings. The predicted octanol–water partition coefficient (Wildman–Crippen LogP) is 2.80. The monoisotopic (exact) mass is 228 g/mol. The van der Waals surface area contributed by atoms with Gasteiger partial charge in [-0.3, -0.25) is 4.79 Å². The van der Waals surface area contributed by atoms with Crippen molar-refractivity contribution in [1.29, 1.82) is 0 Å². The quantitative estimate of drug-likeness (QED) is 0.787. The van der Waals surface area contributed by atoms with Gasteiger partial charge in [-0.1, -0.05) is 13.8 Å². The van der Waals surface area contributed by atoms with Crippen LogP contribution in [0, 0.1) is 23.7 Å². The van der Waals surface area contributed by atoms with Crippen molar-refractivity contribution >= 4 is 5.97 Å². The highest BCUT2D eigenvalue weighted by atomic mass is 16.5. The molecular weight excluding hydrogens is 204 g/mol. The summed E-state index contributed by atoms with van der Waals surface area (Å²) >= 11 is 0. The standard InChI is InChI=1S/C13H24O3/c1-9-4-5-11(13(14)15)12(8-9)10(2)6-7-16-3/h9-12H,4-8H2,1-3H3,(H,14,15). The molecule has 0 aliphatic heterocycles. The van der Waals surface area contributed by atoms with Gasteiger partial charge in [0.05, 0.1) is 5.92 Å². The molecular formula is C13H24O3. The minimum atomic E-state index is -0.610. The highest BCUT2D eigenvalue weighted by molar-refractivity contribution is 5.70. The summed E-state index contributed by atoms with van der Waals surface area (Å²) in [4.78, 5) is 11.2. The largest absolute Gasteiger partial charge is 0.481 e. The van der Waals surface area contributed by atoms with Crippen molar-refractivity contribution in [3.05, 3.63) is 0 Å². The Morgan fingerprint density at radius 3 is 2.75 bits per heavy atom. The fourth-order valence-corrected chi connectivity index (χ4v) is 2.88. The van der Waals surface area contributed by atoms with E-state index in [1.807, 2.05) is 0 Å². The Morgan fingerprint density at radius 2 is 2.19 bits per heavy atom. The molecule has 1 fully saturated rings. The summed E-state index contributed by atoms with van der Waals surface area (Å²) in [5.74, 6) is 0.704. The minimum absolute atomic E-state index is 0.136. The first kappa shape index (κ1) is 13.5. The van der Waals surface area contributed by atoms with Crippen molar-refractivity contribution in [3.63, 3.8) is 0 Å². The van der Waals surface area contributed by atoms with E-state index in [0.29, 0.717) is 17.8 Å². The SMILES string of the molecule is COCCC(C)C1CC(C)CCC1C(=O)O. The van der Waals surface area contributed by atoms with Gasteiger partial charge in [-0.05, 0) is 43.4 Å². The summed E-state index contributed by atoms with van der Waals surface area (Å²) in [5, 5.41) is 9.24. The van der Waals surface area contributed by atoms with E-state index in [0.717, 1.165) is 32.3 Å². The first-order valence-electron chi connectivity index (χ1n) is 6.28. The molecule has 0 saturated heterocycles. The van der Waals surface area contributed by atoms with Crippen LogP contribution in [0.5, 0.6) is 0 Å². The summed E-state index contributed by atoms with van der Waals surface area (Å²) in [6, 6.07) is 0. The Balaban J connectivity index is 2.59. The lowest BCUT2D eigenvalue weighted by atomic mass is 9.69. The molecule has 1 saturated carbocycles. The third kappa shape index (κ3) is 3.48. The first-order valence-corrected chi connectivity index (χ1v) is 6.28. The van der Waals surface area contributed by atoms with E-state index in [4.69, 9.17) is 4.74 Å². The summed E-state index contributed by atoms with van der Waals surface area (Å²) in [6.45, 7) is 5.13. The van der Waals surface area contributed by atoms with Gasteiger partial charge >= 0.3 is 5.97 Å². The van der Waals surface area contributed by atoms with Crippen molar-refractivity contribution in [2.24, 2.45) is 23.7 Å². The average molecular weight is 228 g/mol. The van der Waals surface area contributed by atoms with Gasteiger partial charge in [-0.2, -0.15) is 0 Å². The minimum Gasteiger partial charge on any atom is -0.481 e. The van der Waals surface area contributed by atoms with Crippen LogP contribution in [0.25, 0.3) is 0 Å². The van der Waals surface area contributed by atoms with E-state index < -0.39 is 5.97 Å². The lowest BCUT2D eigenvalue weighted by Crippen LogP contribution is -2.34. The smallest absolute Gasteiger partial charge is 0.306 e. The molecule has 0 aromatic carbocycles. The van der Waals surface area contributed by atoms with E-state index in [-0.39, 0.29) is 5.92 Å². The number of aliphatic carboxylic acids is 1. The van der Waals surface area contributed by atoms with Gasteiger partial charge in [0, 0.05) is 13.7 Å². The van der Waals surface area contributed by atoms with E-state index in [2.05, 4.69) is 13.8 Å². The zero-order chi connectivity index (χ0) is 12.1. The molecule has 0 amide bonds. The Hall–Kier alpha value is -0.570. The zero-order valence-electron chi connectivity index (χ0n) is 10.6. The number of methoxy groups -OCH3 is 1. The zero-order valence-corrected chi connectivity index (χ0v) is 10.6. The van der Waals surface area contributed by atoms with Gasteiger partial charge in [0.2, 0.25) is 0 Å². The summed E-state index contributed by atoms with van der Waals surface area (Å²) in [5.41, 5.74) is 0. The van der Waals surface area contributed by atoms with Crippen molar-refractivity contribution < 1.29 is 14.6 Å². The van der Waals surface area contributed by atoms with Crippen LogP contribution in [0.2, 0.25) is 0 Å². The van der Waals surface area contributed by atoms with Crippen LogP contribution >= 0.6 is 0 Å². The highest BCUT2D eigenvalue weighted by Crippen LogP contribution is 2.39. The average Bonchev–Trinajstić information content (AvgIpc) is 2.25. The molecule has 1 aliphatic carbocycles. The second-order valence-corrected chi connectivity index (χ2v) is 5.29. The second kappa shape index (κ2) is 6.24. The number of carboxylic acid groups (broad SMARTS) is 1. The number of carbonyl (C=O) groups is 1. The van der Waals surface area contributed by atoms with Crippen molar-refractivity contribution in [3.8, 4) is 0 Å². The highest BCUT2D eigenvalue weighted by Gasteiger charge is 2.36. The molecule has 16 heavy (non-hydrogen) atoms. The number of hydrogen-bond donors (Lipinski definition) is 1. The van der Waals surface area contributed by atoms with Crippen LogP contribution in [0.1, 0.15) is 39.5 Å². The predicted molar refractivity (Wildman–Crippen MR) is 63.3 cm³/mol. The maximum Gasteiger partial charge on any atom is 0.306 e. The van der Waals surface area contributed by atoms with E-state index in [1.165, 1.54) is 0 Å². The molecule has 1 rings (SSSR count). The molecule has 3 heteroatoms. The third-order valence-corrected chi connectivity index (χ3v) is 3.99.